The van der Waals surface area contributed by atoms with Gasteiger partial charge in [0.15, 0.2) is 0 Å². The normalized spacial score (nSPS) is 18.5. The first-order valence-corrected chi connectivity index (χ1v) is 6.49. The number of Topliss-reactive ketones (excluding diaryl/α,β-unsaturated/α-hetero) is 1. The fourth-order valence-electron chi connectivity index (χ4n) is 2.06. The molecule has 0 amide bonds. The average molecular weight is 211 g/mol. The van der Waals surface area contributed by atoms with E-state index in [4.69, 9.17) is 0 Å². The summed E-state index contributed by atoms with van der Waals surface area (Å²) in [5.74, 6) is 1.39. The fourth-order valence-corrected chi connectivity index (χ4v) is 2.06. The molecule has 1 aliphatic heterocycles. The van der Waals surface area contributed by atoms with Gasteiger partial charge in [-0.1, -0.05) is 39.5 Å². The van der Waals surface area contributed by atoms with Crippen molar-refractivity contribution in [2.75, 3.05) is 13.1 Å². The van der Waals surface area contributed by atoms with E-state index >= 15 is 0 Å². The van der Waals surface area contributed by atoms with Gasteiger partial charge in [-0.15, -0.1) is 0 Å². The van der Waals surface area contributed by atoms with Gasteiger partial charge in [0.25, 0.3) is 0 Å². The molecule has 0 bridgehead atoms. The zero-order chi connectivity index (χ0) is 11.1. The van der Waals surface area contributed by atoms with Gasteiger partial charge in [-0.2, -0.15) is 0 Å². The maximum Gasteiger partial charge on any atom is 0.136 e. The Labute approximate surface area is 93.8 Å². The van der Waals surface area contributed by atoms with E-state index in [9.17, 15) is 4.79 Å². The molecule has 0 aromatic carbocycles. The van der Waals surface area contributed by atoms with Crippen molar-refractivity contribution in [1.29, 1.82) is 0 Å². The van der Waals surface area contributed by atoms with Gasteiger partial charge in [-0.25, -0.2) is 0 Å². The molecule has 1 fully saturated rings. The van der Waals surface area contributed by atoms with Crippen molar-refractivity contribution < 1.29 is 4.79 Å². The molecule has 1 atom stereocenters. The van der Waals surface area contributed by atoms with Crippen molar-refractivity contribution in [3.05, 3.63) is 0 Å². The Morgan fingerprint density at radius 2 is 1.93 bits per heavy atom. The topological polar surface area (TPSA) is 29.1 Å². The van der Waals surface area contributed by atoms with Crippen molar-refractivity contribution in [1.82, 2.24) is 5.32 Å². The Morgan fingerprint density at radius 1 is 1.27 bits per heavy atom. The summed E-state index contributed by atoms with van der Waals surface area (Å²) in [6, 6.07) is 0. The lowest BCUT2D eigenvalue weighted by Gasteiger charge is -2.31. The van der Waals surface area contributed by atoms with E-state index in [1.54, 1.807) is 0 Å². The first-order chi connectivity index (χ1) is 7.25. The number of hydrogen-bond donors (Lipinski definition) is 1. The van der Waals surface area contributed by atoms with Crippen molar-refractivity contribution in [2.45, 2.75) is 52.4 Å². The molecule has 0 aromatic rings. The van der Waals surface area contributed by atoms with E-state index in [1.165, 1.54) is 25.7 Å². The minimum atomic E-state index is 0.289. The fraction of sp³-hybridized carbons (Fsp3) is 0.923. The molecule has 0 aromatic heterocycles. The molecule has 88 valence electrons. The van der Waals surface area contributed by atoms with Gasteiger partial charge in [-0.05, 0) is 25.4 Å². The predicted octanol–water partition coefficient (Wildman–Crippen LogP) is 2.77. The summed E-state index contributed by atoms with van der Waals surface area (Å²) in [5.41, 5.74) is 0. The van der Waals surface area contributed by atoms with Crippen LogP contribution in [0.5, 0.6) is 0 Å². The molecule has 2 nitrogen and oxygen atoms in total. The molecule has 0 radical (unpaired) electrons. The van der Waals surface area contributed by atoms with Gasteiger partial charge in [0.05, 0.1) is 0 Å². The molecule has 1 rings (SSSR count). The summed E-state index contributed by atoms with van der Waals surface area (Å²) in [5, 5.41) is 3.23. The Bertz CT molecular complexity index is 187. The van der Waals surface area contributed by atoms with Gasteiger partial charge < -0.3 is 5.32 Å². The lowest BCUT2D eigenvalue weighted by atomic mass is 9.84. The summed E-state index contributed by atoms with van der Waals surface area (Å²) in [4.78, 5) is 11.8. The zero-order valence-corrected chi connectivity index (χ0v) is 10.2. The minimum Gasteiger partial charge on any atom is -0.316 e. The second-order valence-corrected chi connectivity index (χ2v) is 4.84. The minimum absolute atomic E-state index is 0.289. The number of ketones is 1. The third-order valence-electron chi connectivity index (χ3n) is 3.55. The van der Waals surface area contributed by atoms with Crippen LogP contribution in [0, 0.1) is 11.8 Å². The Hall–Kier alpha value is -0.370. The number of carbonyl (C=O) groups is 1. The van der Waals surface area contributed by atoms with Gasteiger partial charge in [0.2, 0.25) is 0 Å². The van der Waals surface area contributed by atoms with Crippen LogP contribution >= 0.6 is 0 Å². The molecule has 1 saturated heterocycles. The van der Waals surface area contributed by atoms with Crippen LogP contribution in [0.1, 0.15) is 52.4 Å². The lowest BCUT2D eigenvalue weighted by Crippen LogP contribution is -2.47. The van der Waals surface area contributed by atoms with E-state index in [0.29, 0.717) is 11.7 Å². The molecule has 0 saturated carbocycles. The molecule has 1 heterocycles. The highest BCUT2D eigenvalue weighted by Crippen LogP contribution is 2.19. The monoisotopic (exact) mass is 211 g/mol. The van der Waals surface area contributed by atoms with Crippen molar-refractivity contribution >= 4 is 5.78 Å². The van der Waals surface area contributed by atoms with Crippen molar-refractivity contribution in [3.8, 4) is 0 Å². The third-order valence-corrected chi connectivity index (χ3v) is 3.55. The SMILES string of the molecule is CCCCCCCC(=O)C(C)C1CNC1. The highest BCUT2D eigenvalue weighted by atomic mass is 16.1. The second kappa shape index (κ2) is 7.00. The summed E-state index contributed by atoms with van der Waals surface area (Å²) in [6.45, 7) is 6.40. The maximum atomic E-state index is 11.8. The predicted molar refractivity (Wildman–Crippen MR) is 63.9 cm³/mol. The number of hydrogen-bond acceptors (Lipinski definition) is 2. The Balaban J connectivity index is 2.02. The maximum absolute atomic E-state index is 11.8. The molecular weight excluding hydrogens is 186 g/mol. The first-order valence-electron chi connectivity index (χ1n) is 6.49. The standard InChI is InChI=1S/C13H25NO/c1-3-4-5-6-7-8-13(15)11(2)12-9-14-10-12/h11-12,14H,3-10H2,1-2H3. The zero-order valence-electron chi connectivity index (χ0n) is 10.2. The van der Waals surface area contributed by atoms with Crippen molar-refractivity contribution in [2.24, 2.45) is 11.8 Å². The molecule has 0 spiro atoms. The summed E-state index contributed by atoms with van der Waals surface area (Å²) in [7, 11) is 0. The number of rotatable bonds is 8. The average Bonchev–Trinajstić information content (AvgIpc) is 2.14. The van der Waals surface area contributed by atoms with E-state index in [1.807, 2.05) is 0 Å². The van der Waals surface area contributed by atoms with Gasteiger partial charge >= 0.3 is 0 Å². The van der Waals surface area contributed by atoms with Crippen LogP contribution in [0.2, 0.25) is 0 Å². The van der Waals surface area contributed by atoms with E-state index in [0.717, 1.165) is 25.9 Å². The van der Waals surface area contributed by atoms with E-state index in [-0.39, 0.29) is 5.92 Å². The quantitative estimate of drug-likeness (QED) is 0.625. The summed E-state index contributed by atoms with van der Waals surface area (Å²) >= 11 is 0. The lowest BCUT2D eigenvalue weighted by molar-refractivity contribution is -0.124. The Kier molecular flexibility index (Phi) is 5.92. The van der Waals surface area contributed by atoms with E-state index < -0.39 is 0 Å². The number of nitrogens with one attached hydrogen (secondary N) is 1. The van der Waals surface area contributed by atoms with E-state index in [2.05, 4.69) is 19.2 Å². The van der Waals surface area contributed by atoms with Crippen LogP contribution in [0.4, 0.5) is 0 Å². The van der Waals surface area contributed by atoms with Crippen LogP contribution in [0.3, 0.4) is 0 Å². The number of carbonyl (C=O) groups excluding carboxylic acids is 1. The van der Waals surface area contributed by atoms with Crippen LogP contribution in [0.15, 0.2) is 0 Å². The van der Waals surface area contributed by atoms with Crippen LogP contribution in [-0.2, 0) is 4.79 Å². The van der Waals surface area contributed by atoms with Crippen LogP contribution in [0.25, 0.3) is 0 Å². The molecule has 1 N–H and O–H groups in total. The molecule has 15 heavy (non-hydrogen) atoms. The summed E-state index contributed by atoms with van der Waals surface area (Å²) in [6.07, 6.45) is 7.03. The largest absolute Gasteiger partial charge is 0.316 e. The van der Waals surface area contributed by atoms with Gasteiger partial charge in [0, 0.05) is 12.3 Å². The van der Waals surface area contributed by atoms with Crippen LogP contribution < -0.4 is 5.32 Å². The highest BCUT2D eigenvalue weighted by molar-refractivity contribution is 5.81. The third kappa shape index (κ3) is 4.33. The van der Waals surface area contributed by atoms with Crippen molar-refractivity contribution in [3.63, 3.8) is 0 Å². The first kappa shape index (κ1) is 12.7. The second-order valence-electron chi connectivity index (χ2n) is 4.84. The molecule has 0 aliphatic carbocycles. The molecular formula is C13H25NO. The van der Waals surface area contributed by atoms with Crippen LogP contribution in [-0.4, -0.2) is 18.9 Å². The molecule has 1 aliphatic rings. The highest BCUT2D eigenvalue weighted by Gasteiger charge is 2.27. The number of unbranched alkanes of at least 4 members (excludes halogenated alkanes) is 4. The summed E-state index contributed by atoms with van der Waals surface area (Å²) < 4.78 is 0. The molecule has 1 unspecified atom stereocenters. The molecule has 2 heteroatoms. The Morgan fingerprint density at radius 3 is 2.47 bits per heavy atom. The van der Waals surface area contributed by atoms with Gasteiger partial charge in [0.1, 0.15) is 5.78 Å². The van der Waals surface area contributed by atoms with Gasteiger partial charge in [-0.3, -0.25) is 4.79 Å². The smallest absolute Gasteiger partial charge is 0.136 e.